The SMILES string of the molecule is O=C(O)C1=CC2(CCN(CC3CCCCC3)CC2)c2ccccc21. The minimum Gasteiger partial charge on any atom is -0.478 e. The molecule has 2 fully saturated rings. The van der Waals surface area contributed by atoms with E-state index in [0.29, 0.717) is 5.57 Å². The largest absolute Gasteiger partial charge is 0.478 e. The first-order chi connectivity index (χ1) is 11.7. The van der Waals surface area contributed by atoms with Crippen molar-refractivity contribution in [1.29, 1.82) is 0 Å². The lowest BCUT2D eigenvalue weighted by Gasteiger charge is -2.40. The van der Waals surface area contributed by atoms with Gasteiger partial charge in [0.05, 0.1) is 5.57 Å². The summed E-state index contributed by atoms with van der Waals surface area (Å²) in [5.74, 6) is 0.0951. The van der Waals surface area contributed by atoms with Gasteiger partial charge in [-0.1, -0.05) is 49.6 Å². The summed E-state index contributed by atoms with van der Waals surface area (Å²) in [4.78, 5) is 14.3. The third kappa shape index (κ3) is 2.79. The van der Waals surface area contributed by atoms with Crippen molar-refractivity contribution in [3.8, 4) is 0 Å². The van der Waals surface area contributed by atoms with E-state index in [2.05, 4.69) is 17.0 Å². The van der Waals surface area contributed by atoms with Crippen LogP contribution in [-0.4, -0.2) is 35.6 Å². The molecular formula is C21H27NO2. The van der Waals surface area contributed by atoms with E-state index in [0.717, 1.165) is 37.4 Å². The van der Waals surface area contributed by atoms with E-state index in [-0.39, 0.29) is 5.41 Å². The Kier molecular flexibility index (Phi) is 4.21. The van der Waals surface area contributed by atoms with Gasteiger partial charge < -0.3 is 10.0 Å². The number of hydrogen-bond donors (Lipinski definition) is 1. The molecule has 4 rings (SSSR count). The van der Waals surface area contributed by atoms with Gasteiger partial charge in [0.2, 0.25) is 0 Å². The third-order valence-electron chi connectivity index (χ3n) is 6.39. The molecule has 128 valence electrons. The average molecular weight is 325 g/mol. The number of allylic oxidation sites excluding steroid dienone is 1. The maximum atomic E-state index is 11.6. The molecule has 2 aliphatic carbocycles. The lowest BCUT2D eigenvalue weighted by molar-refractivity contribution is -0.130. The number of nitrogens with zero attached hydrogens (tertiary/aromatic N) is 1. The van der Waals surface area contributed by atoms with E-state index in [1.54, 1.807) is 0 Å². The second-order valence-corrected chi connectivity index (χ2v) is 7.87. The quantitative estimate of drug-likeness (QED) is 0.910. The van der Waals surface area contributed by atoms with Crippen molar-refractivity contribution in [2.45, 2.75) is 50.4 Å². The van der Waals surface area contributed by atoms with E-state index in [1.807, 2.05) is 18.2 Å². The number of carbonyl (C=O) groups is 1. The Hall–Kier alpha value is -1.61. The molecule has 0 atom stereocenters. The smallest absolute Gasteiger partial charge is 0.336 e. The Morgan fingerprint density at radius 3 is 2.54 bits per heavy atom. The van der Waals surface area contributed by atoms with Crippen molar-refractivity contribution >= 4 is 11.5 Å². The molecular weight excluding hydrogens is 298 g/mol. The Morgan fingerprint density at radius 2 is 1.83 bits per heavy atom. The van der Waals surface area contributed by atoms with Gasteiger partial charge >= 0.3 is 5.97 Å². The average Bonchev–Trinajstić information content (AvgIpc) is 2.93. The zero-order chi connectivity index (χ0) is 16.6. The van der Waals surface area contributed by atoms with Crippen LogP contribution in [0.15, 0.2) is 30.3 Å². The molecule has 1 heterocycles. The molecule has 1 aromatic rings. The number of benzene rings is 1. The summed E-state index contributed by atoms with van der Waals surface area (Å²) in [5.41, 5.74) is 2.63. The molecule has 1 aliphatic heterocycles. The molecule has 1 saturated heterocycles. The van der Waals surface area contributed by atoms with E-state index < -0.39 is 5.97 Å². The molecule has 24 heavy (non-hydrogen) atoms. The van der Waals surface area contributed by atoms with Crippen molar-refractivity contribution in [2.75, 3.05) is 19.6 Å². The molecule has 1 saturated carbocycles. The number of carboxylic acid groups (broad SMARTS) is 1. The monoisotopic (exact) mass is 325 g/mol. The number of carboxylic acids is 1. The molecule has 0 aromatic heterocycles. The molecule has 0 bridgehead atoms. The third-order valence-corrected chi connectivity index (χ3v) is 6.39. The highest BCUT2D eigenvalue weighted by atomic mass is 16.4. The summed E-state index contributed by atoms with van der Waals surface area (Å²) in [7, 11) is 0. The Bertz CT molecular complexity index is 650. The summed E-state index contributed by atoms with van der Waals surface area (Å²) < 4.78 is 0. The summed E-state index contributed by atoms with van der Waals surface area (Å²) in [6.07, 6.45) is 11.2. The topological polar surface area (TPSA) is 40.5 Å². The highest BCUT2D eigenvalue weighted by Gasteiger charge is 2.42. The van der Waals surface area contributed by atoms with E-state index in [9.17, 15) is 9.90 Å². The Labute approximate surface area is 144 Å². The van der Waals surface area contributed by atoms with Gasteiger partial charge in [0, 0.05) is 12.0 Å². The fraction of sp³-hybridized carbons (Fsp3) is 0.571. The van der Waals surface area contributed by atoms with Gasteiger partial charge in [0.1, 0.15) is 0 Å². The second-order valence-electron chi connectivity index (χ2n) is 7.87. The lowest BCUT2D eigenvalue weighted by Crippen LogP contribution is -2.43. The summed E-state index contributed by atoms with van der Waals surface area (Å²) in [6, 6.07) is 8.11. The number of piperidine rings is 1. The van der Waals surface area contributed by atoms with Crippen LogP contribution in [0.3, 0.4) is 0 Å². The van der Waals surface area contributed by atoms with Crippen LogP contribution in [0.25, 0.3) is 5.57 Å². The first-order valence-corrected chi connectivity index (χ1v) is 9.46. The summed E-state index contributed by atoms with van der Waals surface area (Å²) >= 11 is 0. The van der Waals surface area contributed by atoms with Gasteiger partial charge in [-0.3, -0.25) is 0 Å². The Morgan fingerprint density at radius 1 is 1.12 bits per heavy atom. The number of rotatable bonds is 3. The normalized spacial score (nSPS) is 23.9. The first-order valence-electron chi connectivity index (χ1n) is 9.46. The van der Waals surface area contributed by atoms with Crippen LogP contribution in [0, 0.1) is 5.92 Å². The number of likely N-dealkylation sites (tertiary alicyclic amines) is 1. The van der Waals surface area contributed by atoms with Crippen molar-refractivity contribution in [3.63, 3.8) is 0 Å². The van der Waals surface area contributed by atoms with Gasteiger partial charge in [-0.15, -0.1) is 0 Å². The van der Waals surface area contributed by atoms with Crippen molar-refractivity contribution in [3.05, 3.63) is 41.5 Å². The highest BCUT2D eigenvalue weighted by Crippen LogP contribution is 2.47. The molecule has 3 nitrogen and oxygen atoms in total. The zero-order valence-corrected chi connectivity index (χ0v) is 14.3. The van der Waals surface area contributed by atoms with Crippen LogP contribution in [0.1, 0.15) is 56.1 Å². The van der Waals surface area contributed by atoms with Gasteiger partial charge in [0.25, 0.3) is 0 Å². The van der Waals surface area contributed by atoms with Crippen molar-refractivity contribution in [2.24, 2.45) is 5.92 Å². The van der Waals surface area contributed by atoms with Gasteiger partial charge in [0.15, 0.2) is 0 Å². The highest BCUT2D eigenvalue weighted by molar-refractivity contribution is 6.17. The van der Waals surface area contributed by atoms with Crippen LogP contribution in [0.4, 0.5) is 0 Å². The van der Waals surface area contributed by atoms with Gasteiger partial charge in [-0.25, -0.2) is 4.79 Å². The van der Waals surface area contributed by atoms with Gasteiger partial charge in [-0.2, -0.15) is 0 Å². The predicted molar refractivity (Wildman–Crippen MR) is 96.0 cm³/mol. The minimum absolute atomic E-state index is 0.0482. The maximum absolute atomic E-state index is 11.6. The summed E-state index contributed by atoms with van der Waals surface area (Å²) in [6.45, 7) is 3.43. The predicted octanol–water partition coefficient (Wildman–Crippen LogP) is 4.08. The fourth-order valence-electron chi connectivity index (χ4n) is 5.04. The van der Waals surface area contributed by atoms with Crippen LogP contribution < -0.4 is 0 Å². The lowest BCUT2D eigenvalue weighted by atomic mass is 9.74. The first kappa shape index (κ1) is 15.9. The molecule has 3 aliphatic rings. The number of aliphatic carboxylic acids is 1. The fourth-order valence-corrected chi connectivity index (χ4v) is 5.04. The van der Waals surface area contributed by atoms with Crippen LogP contribution in [-0.2, 0) is 10.2 Å². The number of fused-ring (bicyclic) bond motifs is 2. The molecule has 0 amide bonds. The van der Waals surface area contributed by atoms with Crippen LogP contribution >= 0.6 is 0 Å². The van der Waals surface area contributed by atoms with Crippen molar-refractivity contribution < 1.29 is 9.90 Å². The minimum atomic E-state index is -0.788. The maximum Gasteiger partial charge on any atom is 0.336 e. The standard InChI is InChI=1S/C21H27NO2/c23-20(24)18-14-21(19-9-5-4-8-17(18)19)10-12-22(13-11-21)15-16-6-2-1-3-7-16/h4-5,8-9,14,16H,1-3,6-7,10-13,15H2,(H,23,24). The molecule has 0 radical (unpaired) electrons. The Balaban J connectivity index is 1.49. The zero-order valence-electron chi connectivity index (χ0n) is 14.3. The summed E-state index contributed by atoms with van der Waals surface area (Å²) in [5, 5.41) is 9.56. The van der Waals surface area contributed by atoms with Gasteiger partial charge in [-0.05, 0) is 55.8 Å². The molecule has 3 heteroatoms. The second kappa shape index (κ2) is 6.36. The number of hydrogen-bond acceptors (Lipinski definition) is 2. The molecule has 0 unspecified atom stereocenters. The molecule has 1 aromatic carbocycles. The van der Waals surface area contributed by atoms with Crippen molar-refractivity contribution in [1.82, 2.24) is 4.90 Å². The van der Waals surface area contributed by atoms with E-state index >= 15 is 0 Å². The van der Waals surface area contributed by atoms with E-state index in [1.165, 1.54) is 44.2 Å². The molecule has 1 N–H and O–H groups in total. The van der Waals surface area contributed by atoms with Crippen LogP contribution in [0.5, 0.6) is 0 Å². The van der Waals surface area contributed by atoms with Crippen LogP contribution in [0.2, 0.25) is 0 Å². The van der Waals surface area contributed by atoms with E-state index in [4.69, 9.17) is 0 Å². The molecule has 1 spiro atoms.